The van der Waals surface area contributed by atoms with Crippen molar-refractivity contribution in [3.05, 3.63) is 46.2 Å². The summed E-state index contributed by atoms with van der Waals surface area (Å²) in [5.74, 6) is 1.24. The van der Waals surface area contributed by atoms with Crippen LogP contribution in [0, 0.1) is 19.8 Å². The number of ether oxygens (including phenoxy) is 1. The predicted octanol–water partition coefficient (Wildman–Crippen LogP) is 3.55. The van der Waals surface area contributed by atoms with Gasteiger partial charge in [0, 0.05) is 22.8 Å². The van der Waals surface area contributed by atoms with E-state index in [0.29, 0.717) is 30.5 Å². The Morgan fingerprint density at radius 3 is 2.60 bits per heavy atom. The van der Waals surface area contributed by atoms with Gasteiger partial charge in [-0.1, -0.05) is 25.4 Å². The minimum absolute atomic E-state index is 0.0185. The van der Waals surface area contributed by atoms with E-state index in [1.807, 2.05) is 18.5 Å². The summed E-state index contributed by atoms with van der Waals surface area (Å²) < 4.78 is 7.56. The number of nitrogens with one attached hydrogen (secondary N) is 1. The number of hydrogen-bond acceptors (Lipinski definition) is 3. The quantitative estimate of drug-likeness (QED) is 0.730. The van der Waals surface area contributed by atoms with Crippen LogP contribution < -0.4 is 10.1 Å². The second kappa shape index (κ2) is 8.90. The van der Waals surface area contributed by atoms with Crippen LogP contribution in [-0.4, -0.2) is 28.8 Å². The van der Waals surface area contributed by atoms with Gasteiger partial charge in [0.15, 0.2) is 0 Å². The lowest BCUT2D eigenvalue weighted by atomic mass is 10.1. The number of carbonyl (C=O) groups excluding carboxylic acids is 1. The molecule has 1 aromatic carbocycles. The van der Waals surface area contributed by atoms with Gasteiger partial charge in [-0.05, 0) is 44.0 Å². The van der Waals surface area contributed by atoms with Crippen molar-refractivity contribution in [3.8, 4) is 5.75 Å². The average molecular weight is 364 g/mol. The largest absolute Gasteiger partial charge is 0.492 e. The van der Waals surface area contributed by atoms with Crippen LogP contribution in [0.1, 0.15) is 30.8 Å². The molecule has 136 valence electrons. The van der Waals surface area contributed by atoms with Gasteiger partial charge in [0.25, 0.3) is 0 Å². The summed E-state index contributed by atoms with van der Waals surface area (Å²) in [6.45, 7) is 10.0. The second-order valence-electron chi connectivity index (χ2n) is 6.55. The molecule has 0 atom stereocenters. The molecule has 1 aromatic heterocycles. The molecule has 0 unspecified atom stereocenters. The van der Waals surface area contributed by atoms with Crippen molar-refractivity contribution in [3.63, 3.8) is 0 Å². The Morgan fingerprint density at radius 1 is 1.28 bits per heavy atom. The Balaban J connectivity index is 1.80. The van der Waals surface area contributed by atoms with E-state index in [1.165, 1.54) is 0 Å². The molecule has 0 radical (unpaired) electrons. The van der Waals surface area contributed by atoms with Crippen LogP contribution in [0.2, 0.25) is 5.02 Å². The van der Waals surface area contributed by atoms with Crippen LogP contribution in [0.4, 0.5) is 0 Å². The first kappa shape index (κ1) is 19.3. The van der Waals surface area contributed by atoms with Crippen LogP contribution in [-0.2, 0) is 17.8 Å². The van der Waals surface area contributed by atoms with E-state index >= 15 is 0 Å². The number of carbonyl (C=O) groups is 1. The monoisotopic (exact) mass is 363 g/mol. The standard InChI is InChI=1S/C19H26ClN3O2/c1-13(2)12-23-15(4)18(14(3)22-23)11-19(24)21-9-10-25-17-7-5-16(20)6-8-17/h5-8,13H,9-12H2,1-4H3,(H,21,24). The van der Waals surface area contributed by atoms with Gasteiger partial charge in [0.05, 0.1) is 18.7 Å². The Labute approximate surface area is 154 Å². The molecule has 0 bridgehead atoms. The van der Waals surface area contributed by atoms with E-state index in [9.17, 15) is 4.79 Å². The van der Waals surface area contributed by atoms with Crippen LogP contribution in [0.15, 0.2) is 24.3 Å². The Kier molecular flexibility index (Phi) is 6.88. The molecule has 6 heteroatoms. The zero-order valence-electron chi connectivity index (χ0n) is 15.3. The molecular weight excluding hydrogens is 338 g/mol. The molecule has 0 aliphatic rings. The van der Waals surface area contributed by atoms with Crippen LogP contribution in [0.25, 0.3) is 0 Å². The fourth-order valence-corrected chi connectivity index (χ4v) is 2.75. The van der Waals surface area contributed by atoms with E-state index < -0.39 is 0 Å². The van der Waals surface area contributed by atoms with Gasteiger partial charge >= 0.3 is 0 Å². The molecular formula is C19H26ClN3O2. The maximum Gasteiger partial charge on any atom is 0.224 e. The zero-order valence-corrected chi connectivity index (χ0v) is 16.1. The molecule has 25 heavy (non-hydrogen) atoms. The average Bonchev–Trinajstić information content (AvgIpc) is 2.80. The molecule has 0 saturated heterocycles. The first-order valence-electron chi connectivity index (χ1n) is 8.54. The number of aryl methyl sites for hydroxylation is 1. The van der Waals surface area contributed by atoms with Crippen molar-refractivity contribution in [2.45, 2.75) is 40.7 Å². The third-order valence-electron chi connectivity index (χ3n) is 3.91. The smallest absolute Gasteiger partial charge is 0.224 e. The number of amides is 1. The normalized spacial score (nSPS) is 11.0. The molecule has 1 amide bonds. The maximum atomic E-state index is 12.2. The lowest BCUT2D eigenvalue weighted by Gasteiger charge is -2.09. The summed E-state index contributed by atoms with van der Waals surface area (Å²) in [6.07, 6.45) is 0.344. The lowest BCUT2D eigenvalue weighted by molar-refractivity contribution is -0.120. The summed E-state index contributed by atoms with van der Waals surface area (Å²) in [6, 6.07) is 7.16. The van der Waals surface area contributed by atoms with E-state index in [1.54, 1.807) is 24.3 Å². The van der Waals surface area contributed by atoms with E-state index in [-0.39, 0.29) is 5.91 Å². The van der Waals surface area contributed by atoms with Crippen molar-refractivity contribution in [2.24, 2.45) is 5.92 Å². The molecule has 2 rings (SSSR count). The highest BCUT2D eigenvalue weighted by molar-refractivity contribution is 6.30. The third-order valence-corrected chi connectivity index (χ3v) is 4.17. The van der Waals surface area contributed by atoms with Crippen molar-refractivity contribution in [1.82, 2.24) is 15.1 Å². The molecule has 0 saturated carbocycles. The molecule has 0 aliphatic carbocycles. The molecule has 1 N–H and O–H groups in total. The van der Waals surface area contributed by atoms with Gasteiger partial charge in [-0.2, -0.15) is 5.10 Å². The fourth-order valence-electron chi connectivity index (χ4n) is 2.63. The number of rotatable bonds is 8. The van der Waals surface area contributed by atoms with Gasteiger partial charge in [-0.3, -0.25) is 9.48 Å². The summed E-state index contributed by atoms with van der Waals surface area (Å²) in [5, 5.41) is 8.11. The predicted molar refractivity (Wildman–Crippen MR) is 100 cm³/mol. The SMILES string of the molecule is Cc1nn(CC(C)C)c(C)c1CC(=O)NCCOc1ccc(Cl)cc1. The highest BCUT2D eigenvalue weighted by atomic mass is 35.5. The first-order chi connectivity index (χ1) is 11.9. The molecule has 2 aromatic rings. The molecule has 0 spiro atoms. The van der Waals surface area contributed by atoms with Crippen molar-refractivity contribution >= 4 is 17.5 Å². The minimum Gasteiger partial charge on any atom is -0.492 e. The van der Waals surface area contributed by atoms with Gasteiger partial charge in [0.1, 0.15) is 12.4 Å². The zero-order chi connectivity index (χ0) is 18.4. The summed E-state index contributed by atoms with van der Waals surface area (Å²) in [5.41, 5.74) is 3.00. The molecule has 1 heterocycles. The molecule has 0 fully saturated rings. The Hall–Kier alpha value is -2.01. The summed E-state index contributed by atoms with van der Waals surface area (Å²) in [4.78, 5) is 12.2. The van der Waals surface area contributed by atoms with Crippen LogP contribution >= 0.6 is 11.6 Å². The maximum absolute atomic E-state index is 12.2. The van der Waals surface area contributed by atoms with Gasteiger partial charge in [-0.15, -0.1) is 0 Å². The Morgan fingerprint density at radius 2 is 1.96 bits per heavy atom. The molecule has 0 aliphatic heterocycles. The summed E-state index contributed by atoms with van der Waals surface area (Å²) in [7, 11) is 0. The van der Waals surface area contributed by atoms with Crippen molar-refractivity contribution in [1.29, 1.82) is 0 Å². The Bertz CT molecular complexity index is 708. The number of halogens is 1. The first-order valence-corrected chi connectivity index (χ1v) is 8.92. The third kappa shape index (κ3) is 5.78. The number of benzene rings is 1. The molecule has 5 nitrogen and oxygen atoms in total. The van der Waals surface area contributed by atoms with Gasteiger partial charge < -0.3 is 10.1 Å². The van der Waals surface area contributed by atoms with Gasteiger partial charge in [0.2, 0.25) is 5.91 Å². The van der Waals surface area contributed by atoms with Crippen LogP contribution in [0.5, 0.6) is 5.75 Å². The lowest BCUT2D eigenvalue weighted by Crippen LogP contribution is -2.29. The van der Waals surface area contributed by atoms with Crippen LogP contribution in [0.3, 0.4) is 0 Å². The number of hydrogen-bond donors (Lipinski definition) is 1. The summed E-state index contributed by atoms with van der Waals surface area (Å²) >= 11 is 5.83. The minimum atomic E-state index is -0.0185. The van der Waals surface area contributed by atoms with Gasteiger partial charge in [-0.25, -0.2) is 0 Å². The number of aromatic nitrogens is 2. The fraction of sp³-hybridized carbons (Fsp3) is 0.474. The van der Waals surface area contributed by atoms with E-state index in [2.05, 4.69) is 24.3 Å². The highest BCUT2D eigenvalue weighted by Crippen LogP contribution is 2.16. The van der Waals surface area contributed by atoms with Crippen molar-refractivity contribution in [2.75, 3.05) is 13.2 Å². The second-order valence-corrected chi connectivity index (χ2v) is 6.99. The van der Waals surface area contributed by atoms with Crippen molar-refractivity contribution < 1.29 is 9.53 Å². The topological polar surface area (TPSA) is 56.2 Å². The number of nitrogens with zero attached hydrogens (tertiary/aromatic N) is 2. The highest BCUT2D eigenvalue weighted by Gasteiger charge is 2.15. The van der Waals surface area contributed by atoms with E-state index in [4.69, 9.17) is 16.3 Å². The van der Waals surface area contributed by atoms with E-state index in [0.717, 1.165) is 29.2 Å².